The molecule has 1 aliphatic heterocycles. The molecule has 1 fully saturated rings. The summed E-state index contributed by atoms with van der Waals surface area (Å²) in [6.45, 7) is 1.15. The first kappa shape index (κ1) is 13.7. The van der Waals surface area contributed by atoms with Crippen molar-refractivity contribution < 1.29 is 9.90 Å². The van der Waals surface area contributed by atoms with Gasteiger partial charge in [0.05, 0.1) is 11.9 Å². The second kappa shape index (κ2) is 6.45. The second-order valence-corrected chi connectivity index (χ2v) is 5.76. The molecule has 18 heavy (non-hydrogen) atoms. The van der Waals surface area contributed by atoms with Crippen LogP contribution in [-0.4, -0.2) is 40.9 Å². The van der Waals surface area contributed by atoms with E-state index < -0.39 is 0 Å². The molecule has 98 valence electrons. The van der Waals surface area contributed by atoms with Crippen molar-refractivity contribution in [3.05, 3.63) is 34.9 Å². The van der Waals surface area contributed by atoms with Crippen molar-refractivity contribution in [2.45, 2.75) is 18.3 Å². The van der Waals surface area contributed by atoms with E-state index in [0.29, 0.717) is 25.3 Å². The Morgan fingerprint density at radius 2 is 2.28 bits per heavy atom. The minimum absolute atomic E-state index is 0.101. The van der Waals surface area contributed by atoms with E-state index in [1.54, 1.807) is 16.7 Å². The van der Waals surface area contributed by atoms with Crippen LogP contribution in [0.15, 0.2) is 24.3 Å². The van der Waals surface area contributed by atoms with Gasteiger partial charge in [0, 0.05) is 23.9 Å². The van der Waals surface area contributed by atoms with Gasteiger partial charge < -0.3 is 10.0 Å². The molecule has 1 heterocycles. The maximum atomic E-state index is 11.8. The van der Waals surface area contributed by atoms with Gasteiger partial charge in [-0.1, -0.05) is 29.8 Å². The Morgan fingerprint density at radius 3 is 2.94 bits per heavy atom. The van der Waals surface area contributed by atoms with Gasteiger partial charge in [0.15, 0.2) is 0 Å². The van der Waals surface area contributed by atoms with Crippen LogP contribution >= 0.6 is 23.4 Å². The Balaban J connectivity index is 1.75. The molecule has 5 heteroatoms. The number of carbonyl (C=O) groups excluding carboxylic acids is 1. The van der Waals surface area contributed by atoms with E-state index >= 15 is 0 Å². The molecule has 1 aromatic carbocycles. The Bertz CT molecular complexity index is 427. The number of aliphatic hydroxyl groups is 1. The van der Waals surface area contributed by atoms with E-state index in [0.717, 1.165) is 16.3 Å². The largest absolute Gasteiger partial charge is 0.391 e. The zero-order valence-electron chi connectivity index (χ0n) is 10.0. The highest BCUT2D eigenvalue weighted by Crippen LogP contribution is 2.21. The smallest absolute Gasteiger partial charge is 0.232 e. The molecule has 1 N–H and O–H groups in total. The molecule has 3 nitrogen and oxygen atoms in total. The number of rotatable bonds is 4. The molecule has 0 radical (unpaired) electrons. The molecule has 1 aromatic rings. The van der Waals surface area contributed by atoms with Crippen LogP contribution in [0.3, 0.4) is 0 Å². The van der Waals surface area contributed by atoms with Gasteiger partial charge in [-0.05, 0) is 18.1 Å². The molecule has 0 bridgehead atoms. The minimum Gasteiger partial charge on any atom is -0.391 e. The van der Waals surface area contributed by atoms with E-state index in [1.165, 1.54) is 0 Å². The normalized spacial score (nSPS) is 19.2. The zero-order chi connectivity index (χ0) is 13.0. The molecule has 0 aliphatic carbocycles. The van der Waals surface area contributed by atoms with Crippen molar-refractivity contribution >= 4 is 29.3 Å². The maximum Gasteiger partial charge on any atom is 0.232 e. The van der Waals surface area contributed by atoms with Gasteiger partial charge in [-0.3, -0.25) is 4.79 Å². The number of amides is 1. The monoisotopic (exact) mass is 285 g/mol. The summed E-state index contributed by atoms with van der Waals surface area (Å²) in [5, 5.41) is 10.1. The standard InChI is InChI=1S/C13H16ClNO2S/c14-12-4-2-1-3-10(12)8-18-9-13(17)15-6-5-11(16)7-15/h1-4,11,16H,5-9H2/t11-/m1/s1. The van der Waals surface area contributed by atoms with Gasteiger partial charge in [0.25, 0.3) is 0 Å². The molecule has 0 aromatic heterocycles. The average molecular weight is 286 g/mol. The van der Waals surface area contributed by atoms with Crippen molar-refractivity contribution in [2.75, 3.05) is 18.8 Å². The lowest BCUT2D eigenvalue weighted by atomic mass is 10.2. The van der Waals surface area contributed by atoms with Gasteiger partial charge in [-0.15, -0.1) is 11.8 Å². The number of hydrogen-bond acceptors (Lipinski definition) is 3. The van der Waals surface area contributed by atoms with Gasteiger partial charge in [0.2, 0.25) is 5.91 Å². The van der Waals surface area contributed by atoms with Crippen molar-refractivity contribution in [1.82, 2.24) is 4.90 Å². The number of thioether (sulfide) groups is 1. The predicted molar refractivity (Wildman–Crippen MR) is 74.8 cm³/mol. The molecule has 1 saturated heterocycles. The first-order chi connectivity index (χ1) is 8.66. The molecule has 1 atom stereocenters. The minimum atomic E-state index is -0.345. The lowest BCUT2D eigenvalue weighted by Crippen LogP contribution is -2.30. The van der Waals surface area contributed by atoms with E-state index in [4.69, 9.17) is 11.6 Å². The molecular weight excluding hydrogens is 270 g/mol. The number of benzene rings is 1. The van der Waals surface area contributed by atoms with Crippen molar-refractivity contribution in [1.29, 1.82) is 0 Å². The Kier molecular flexibility index (Phi) is 4.92. The van der Waals surface area contributed by atoms with E-state index in [2.05, 4.69) is 0 Å². The summed E-state index contributed by atoms with van der Waals surface area (Å²) < 4.78 is 0. The van der Waals surface area contributed by atoms with Crippen molar-refractivity contribution in [3.8, 4) is 0 Å². The van der Waals surface area contributed by atoms with Crippen LogP contribution in [0.1, 0.15) is 12.0 Å². The Hall–Kier alpha value is -0.710. The summed E-state index contributed by atoms with van der Waals surface area (Å²) >= 11 is 7.60. The second-order valence-electron chi connectivity index (χ2n) is 4.37. The van der Waals surface area contributed by atoms with Gasteiger partial charge in [-0.2, -0.15) is 0 Å². The topological polar surface area (TPSA) is 40.5 Å². The fourth-order valence-electron chi connectivity index (χ4n) is 1.92. The van der Waals surface area contributed by atoms with Crippen molar-refractivity contribution in [2.24, 2.45) is 0 Å². The number of aliphatic hydroxyl groups excluding tert-OH is 1. The SMILES string of the molecule is O=C(CSCc1ccccc1Cl)N1CC[C@@H](O)C1. The lowest BCUT2D eigenvalue weighted by Gasteiger charge is -2.15. The molecule has 0 spiro atoms. The van der Waals surface area contributed by atoms with Crippen LogP contribution in [0.4, 0.5) is 0 Å². The van der Waals surface area contributed by atoms with Crippen LogP contribution in [0, 0.1) is 0 Å². The zero-order valence-corrected chi connectivity index (χ0v) is 11.6. The number of β-amino-alcohol motifs (C(OH)–C–C–N with tert-alkyl or cyclic N) is 1. The molecule has 2 rings (SSSR count). The van der Waals surface area contributed by atoms with E-state index in [9.17, 15) is 9.90 Å². The summed E-state index contributed by atoms with van der Waals surface area (Å²) in [7, 11) is 0. The summed E-state index contributed by atoms with van der Waals surface area (Å²) in [6, 6.07) is 7.67. The van der Waals surface area contributed by atoms with Gasteiger partial charge >= 0.3 is 0 Å². The van der Waals surface area contributed by atoms with Crippen LogP contribution in [0.5, 0.6) is 0 Å². The molecule has 1 aliphatic rings. The summed E-state index contributed by atoms with van der Waals surface area (Å²) in [5.41, 5.74) is 1.05. The summed E-state index contributed by atoms with van der Waals surface area (Å²) in [4.78, 5) is 13.6. The summed E-state index contributed by atoms with van der Waals surface area (Å²) in [6.07, 6.45) is 0.350. The third kappa shape index (κ3) is 3.64. The van der Waals surface area contributed by atoms with Gasteiger partial charge in [0.1, 0.15) is 0 Å². The Morgan fingerprint density at radius 1 is 1.50 bits per heavy atom. The number of nitrogens with zero attached hydrogens (tertiary/aromatic N) is 1. The average Bonchev–Trinajstić information content (AvgIpc) is 2.78. The number of likely N-dealkylation sites (tertiary alicyclic amines) is 1. The van der Waals surface area contributed by atoms with Crippen LogP contribution < -0.4 is 0 Å². The Labute approximate surface area is 116 Å². The summed E-state index contributed by atoms with van der Waals surface area (Å²) in [5.74, 6) is 1.28. The molecular formula is C13H16ClNO2S. The number of carbonyl (C=O) groups is 1. The molecule has 0 saturated carbocycles. The number of hydrogen-bond donors (Lipinski definition) is 1. The lowest BCUT2D eigenvalue weighted by molar-refractivity contribution is -0.127. The highest BCUT2D eigenvalue weighted by Gasteiger charge is 2.23. The predicted octanol–water partition coefficient (Wildman–Crippen LogP) is 2.17. The van der Waals surface area contributed by atoms with Crippen molar-refractivity contribution in [3.63, 3.8) is 0 Å². The third-order valence-corrected chi connectivity index (χ3v) is 4.29. The van der Waals surface area contributed by atoms with Crippen LogP contribution in [0.2, 0.25) is 5.02 Å². The first-order valence-corrected chi connectivity index (χ1v) is 7.47. The highest BCUT2D eigenvalue weighted by molar-refractivity contribution is 7.99. The fourth-order valence-corrected chi connectivity index (χ4v) is 3.14. The van der Waals surface area contributed by atoms with Crippen LogP contribution in [0.25, 0.3) is 0 Å². The molecule has 0 unspecified atom stereocenters. The number of halogens is 1. The third-order valence-electron chi connectivity index (χ3n) is 2.96. The van der Waals surface area contributed by atoms with Crippen LogP contribution in [-0.2, 0) is 10.5 Å². The van der Waals surface area contributed by atoms with Gasteiger partial charge in [-0.25, -0.2) is 0 Å². The van der Waals surface area contributed by atoms with E-state index in [1.807, 2.05) is 24.3 Å². The highest BCUT2D eigenvalue weighted by atomic mass is 35.5. The van der Waals surface area contributed by atoms with E-state index in [-0.39, 0.29) is 12.0 Å². The fraction of sp³-hybridized carbons (Fsp3) is 0.462. The molecule has 1 amide bonds. The first-order valence-electron chi connectivity index (χ1n) is 5.94. The maximum absolute atomic E-state index is 11.8. The quantitative estimate of drug-likeness (QED) is 0.922.